The third-order valence-corrected chi connectivity index (χ3v) is 3.60. The van der Waals surface area contributed by atoms with Gasteiger partial charge in [-0.1, -0.05) is 38.1 Å². The molecule has 0 radical (unpaired) electrons. The second kappa shape index (κ2) is 5.48. The molecular formula is C18H22O. The first kappa shape index (κ1) is 13.7. The molecule has 2 aromatic rings. The van der Waals surface area contributed by atoms with Gasteiger partial charge in [-0.05, 0) is 59.7 Å². The van der Waals surface area contributed by atoms with Crippen LogP contribution in [0.5, 0.6) is 5.75 Å². The van der Waals surface area contributed by atoms with Crippen molar-refractivity contribution in [2.75, 3.05) is 7.11 Å². The molecule has 0 aromatic heterocycles. The minimum atomic E-state index is 0.498. The first-order valence-electron chi connectivity index (χ1n) is 6.78. The fraction of sp³-hybridized carbons (Fsp3) is 0.333. The van der Waals surface area contributed by atoms with Gasteiger partial charge in [0, 0.05) is 0 Å². The minimum Gasteiger partial charge on any atom is -0.497 e. The van der Waals surface area contributed by atoms with Crippen molar-refractivity contribution in [3.05, 3.63) is 53.1 Å². The van der Waals surface area contributed by atoms with E-state index in [1.54, 1.807) is 7.11 Å². The van der Waals surface area contributed by atoms with Crippen molar-refractivity contribution in [1.29, 1.82) is 0 Å². The van der Waals surface area contributed by atoms with Gasteiger partial charge in [-0.3, -0.25) is 0 Å². The van der Waals surface area contributed by atoms with Crippen molar-refractivity contribution in [3.8, 4) is 16.9 Å². The average molecular weight is 254 g/mol. The fourth-order valence-electron chi connectivity index (χ4n) is 2.49. The number of ether oxygens (including phenoxy) is 1. The van der Waals surface area contributed by atoms with Gasteiger partial charge in [0.2, 0.25) is 0 Å². The van der Waals surface area contributed by atoms with Gasteiger partial charge in [0.15, 0.2) is 0 Å². The summed E-state index contributed by atoms with van der Waals surface area (Å²) in [7, 11) is 1.73. The predicted molar refractivity (Wildman–Crippen MR) is 82.0 cm³/mol. The summed E-state index contributed by atoms with van der Waals surface area (Å²) in [5, 5.41) is 0. The maximum Gasteiger partial charge on any atom is 0.119 e. The number of rotatable bonds is 3. The first-order valence-corrected chi connectivity index (χ1v) is 6.78. The topological polar surface area (TPSA) is 9.23 Å². The normalized spacial score (nSPS) is 10.8. The quantitative estimate of drug-likeness (QED) is 0.740. The Kier molecular flexibility index (Phi) is 3.94. The van der Waals surface area contributed by atoms with E-state index in [9.17, 15) is 0 Å². The number of benzene rings is 2. The lowest BCUT2D eigenvalue weighted by Crippen LogP contribution is -1.94. The summed E-state index contributed by atoms with van der Waals surface area (Å²) in [6, 6.07) is 13.0. The molecule has 0 spiro atoms. The molecule has 0 atom stereocenters. The highest BCUT2D eigenvalue weighted by molar-refractivity contribution is 5.72. The lowest BCUT2D eigenvalue weighted by molar-refractivity contribution is 0.414. The lowest BCUT2D eigenvalue weighted by atomic mass is 9.92. The molecule has 0 unspecified atom stereocenters. The summed E-state index contributed by atoms with van der Waals surface area (Å²) in [6.07, 6.45) is 0. The third kappa shape index (κ3) is 2.81. The molecule has 0 saturated carbocycles. The van der Waals surface area contributed by atoms with Gasteiger partial charge in [0.05, 0.1) is 7.11 Å². The van der Waals surface area contributed by atoms with E-state index in [2.05, 4.69) is 64.1 Å². The van der Waals surface area contributed by atoms with Crippen LogP contribution in [0.1, 0.15) is 36.5 Å². The van der Waals surface area contributed by atoms with Crippen molar-refractivity contribution in [1.82, 2.24) is 0 Å². The maximum atomic E-state index is 5.45. The smallest absolute Gasteiger partial charge is 0.119 e. The average Bonchev–Trinajstić information content (AvgIpc) is 2.38. The minimum absolute atomic E-state index is 0.498. The highest BCUT2D eigenvalue weighted by Gasteiger charge is 2.10. The molecule has 0 N–H and O–H groups in total. The monoisotopic (exact) mass is 254 g/mol. The number of hydrogen-bond acceptors (Lipinski definition) is 1. The van der Waals surface area contributed by atoms with Gasteiger partial charge < -0.3 is 4.74 Å². The van der Waals surface area contributed by atoms with Crippen LogP contribution in [0.3, 0.4) is 0 Å². The molecule has 0 aliphatic heterocycles. The summed E-state index contributed by atoms with van der Waals surface area (Å²) < 4.78 is 5.45. The molecule has 0 bridgehead atoms. The Hall–Kier alpha value is -1.76. The highest BCUT2D eigenvalue weighted by Crippen LogP contribution is 2.33. The van der Waals surface area contributed by atoms with Crippen LogP contribution in [0.25, 0.3) is 11.1 Å². The SMILES string of the molecule is COc1cc(-c2c(C)cccc2C)cc(C(C)C)c1. The van der Waals surface area contributed by atoms with Crippen molar-refractivity contribution < 1.29 is 4.74 Å². The maximum absolute atomic E-state index is 5.45. The molecule has 1 nitrogen and oxygen atoms in total. The Balaban J connectivity index is 2.64. The van der Waals surface area contributed by atoms with E-state index >= 15 is 0 Å². The second-order valence-electron chi connectivity index (χ2n) is 5.42. The Morgan fingerprint density at radius 1 is 0.947 bits per heavy atom. The second-order valence-corrected chi connectivity index (χ2v) is 5.42. The zero-order valence-corrected chi connectivity index (χ0v) is 12.4. The van der Waals surface area contributed by atoms with Gasteiger partial charge in [-0.15, -0.1) is 0 Å². The number of aryl methyl sites for hydroxylation is 2. The van der Waals surface area contributed by atoms with Gasteiger partial charge in [0.25, 0.3) is 0 Å². The Morgan fingerprint density at radius 3 is 2.11 bits per heavy atom. The summed E-state index contributed by atoms with van der Waals surface area (Å²) in [5.74, 6) is 1.43. The summed E-state index contributed by atoms with van der Waals surface area (Å²) in [5.41, 5.74) is 6.50. The van der Waals surface area contributed by atoms with Gasteiger partial charge in [0.1, 0.15) is 5.75 Å². The summed E-state index contributed by atoms with van der Waals surface area (Å²) in [4.78, 5) is 0. The summed E-state index contributed by atoms with van der Waals surface area (Å²) in [6.45, 7) is 8.75. The number of methoxy groups -OCH3 is 1. The first-order chi connectivity index (χ1) is 9.02. The van der Waals surface area contributed by atoms with Crippen LogP contribution in [-0.2, 0) is 0 Å². The molecule has 0 amide bonds. The van der Waals surface area contributed by atoms with Crippen LogP contribution in [-0.4, -0.2) is 7.11 Å². The summed E-state index contributed by atoms with van der Waals surface area (Å²) >= 11 is 0. The fourth-order valence-corrected chi connectivity index (χ4v) is 2.49. The van der Waals surface area contributed by atoms with Gasteiger partial charge in [-0.25, -0.2) is 0 Å². The van der Waals surface area contributed by atoms with E-state index in [0.717, 1.165) is 5.75 Å². The van der Waals surface area contributed by atoms with Crippen molar-refractivity contribution >= 4 is 0 Å². The van der Waals surface area contributed by atoms with Crippen LogP contribution in [0.2, 0.25) is 0 Å². The van der Waals surface area contributed by atoms with Crippen molar-refractivity contribution in [2.24, 2.45) is 0 Å². The third-order valence-electron chi connectivity index (χ3n) is 3.60. The molecule has 19 heavy (non-hydrogen) atoms. The molecule has 0 aliphatic carbocycles. The van der Waals surface area contributed by atoms with Crippen LogP contribution in [0, 0.1) is 13.8 Å². The standard InChI is InChI=1S/C18H22O/c1-12(2)15-9-16(11-17(10-15)19-5)18-13(3)7-6-8-14(18)4/h6-12H,1-5H3. The molecule has 1 heteroatoms. The van der Waals surface area contributed by atoms with Crippen LogP contribution >= 0.6 is 0 Å². The van der Waals surface area contributed by atoms with Crippen molar-refractivity contribution in [2.45, 2.75) is 33.6 Å². The highest BCUT2D eigenvalue weighted by atomic mass is 16.5. The largest absolute Gasteiger partial charge is 0.497 e. The Bertz CT molecular complexity index is 562. The molecular weight excluding hydrogens is 232 g/mol. The molecule has 2 rings (SSSR count). The van der Waals surface area contributed by atoms with Gasteiger partial charge in [-0.2, -0.15) is 0 Å². The zero-order valence-electron chi connectivity index (χ0n) is 12.4. The van der Waals surface area contributed by atoms with E-state index in [0.29, 0.717) is 5.92 Å². The number of hydrogen-bond donors (Lipinski definition) is 0. The molecule has 0 fully saturated rings. The predicted octanol–water partition coefficient (Wildman–Crippen LogP) is 5.10. The van der Waals surface area contributed by atoms with E-state index in [4.69, 9.17) is 4.74 Å². The van der Waals surface area contributed by atoms with Crippen LogP contribution < -0.4 is 4.74 Å². The van der Waals surface area contributed by atoms with Gasteiger partial charge >= 0.3 is 0 Å². The van der Waals surface area contributed by atoms with E-state index in [-0.39, 0.29) is 0 Å². The van der Waals surface area contributed by atoms with E-state index in [1.165, 1.54) is 27.8 Å². The van der Waals surface area contributed by atoms with Crippen LogP contribution in [0.4, 0.5) is 0 Å². The Morgan fingerprint density at radius 2 is 1.58 bits per heavy atom. The Labute approximate surface area is 116 Å². The molecule has 0 aliphatic rings. The van der Waals surface area contributed by atoms with E-state index in [1.807, 2.05) is 0 Å². The lowest BCUT2D eigenvalue weighted by Gasteiger charge is -2.15. The zero-order chi connectivity index (χ0) is 14.0. The van der Waals surface area contributed by atoms with Crippen molar-refractivity contribution in [3.63, 3.8) is 0 Å². The molecule has 100 valence electrons. The van der Waals surface area contributed by atoms with Crippen LogP contribution in [0.15, 0.2) is 36.4 Å². The molecule has 0 saturated heterocycles. The van der Waals surface area contributed by atoms with E-state index < -0.39 is 0 Å². The molecule has 2 aromatic carbocycles. The molecule has 0 heterocycles.